The third-order valence-electron chi connectivity index (χ3n) is 3.06. The molecule has 2 heterocycles. The summed E-state index contributed by atoms with van der Waals surface area (Å²) in [5.74, 6) is 1.48. The maximum absolute atomic E-state index is 5.75. The minimum atomic E-state index is 0.256. The molecule has 1 aromatic carbocycles. The molecule has 0 radical (unpaired) electrons. The zero-order chi connectivity index (χ0) is 14.1. The van der Waals surface area contributed by atoms with E-state index in [0.29, 0.717) is 13.1 Å². The largest absolute Gasteiger partial charge is 0.454 e. The van der Waals surface area contributed by atoms with Gasteiger partial charge in [0.05, 0.1) is 12.2 Å². The smallest absolute Gasteiger partial charge is 0.231 e. The van der Waals surface area contributed by atoms with Crippen LogP contribution < -0.4 is 15.2 Å². The molecule has 1 aromatic heterocycles. The zero-order valence-electron chi connectivity index (χ0n) is 11.3. The van der Waals surface area contributed by atoms with E-state index < -0.39 is 0 Å². The number of hydrogen-bond donors (Lipinski definition) is 1. The molecule has 6 heteroatoms. The Hall–Kier alpha value is -2.34. The topological polar surface area (TPSA) is 75.2 Å². The lowest BCUT2D eigenvalue weighted by Gasteiger charge is -2.08. The summed E-state index contributed by atoms with van der Waals surface area (Å²) in [4.78, 5) is 0. The maximum atomic E-state index is 5.75. The summed E-state index contributed by atoms with van der Waals surface area (Å²) >= 11 is 0. The highest BCUT2D eigenvalue weighted by Gasteiger charge is 2.18. The van der Waals surface area contributed by atoms with Crippen molar-refractivity contribution in [3.05, 3.63) is 36.0 Å². The molecule has 2 N–H and O–H groups in total. The van der Waals surface area contributed by atoms with E-state index in [-0.39, 0.29) is 6.79 Å². The van der Waals surface area contributed by atoms with Crippen molar-refractivity contribution in [3.63, 3.8) is 0 Å². The van der Waals surface area contributed by atoms with E-state index in [4.69, 9.17) is 15.2 Å². The van der Waals surface area contributed by atoms with Crippen molar-refractivity contribution in [1.29, 1.82) is 0 Å². The van der Waals surface area contributed by atoms with E-state index in [1.807, 2.05) is 29.8 Å². The van der Waals surface area contributed by atoms with Crippen LogP contribution in [0.3, 0.4) is 0 Å². The molecule has 0 saturated heterocycles. The lowest BCUT2D eigenvalue weighted by atomic mass is 10.1. The predicted octanol–water partition coefficient (Wildman–Crippen LogP) is 1.71. The molecular formula is C14H16N4O2. The van der Waals surface area contributed by atoms with Crippen molar-refractivity contribution in [1.82, 2.24) is 15.0 Å². The van der Waals surface area contributed by atoms with Gasteiger partial charge < -0.3 is 15.2 Å². The van der Waals surface area contributed by atoms with Crippen LogP contribution in [-0.4, -0.2) is 21.8 Å². The highest BCUT2D eigenvalue weighted by Crippen LogP contribution is 2.36. The minimum absolute atomic E-state index is 0.256. The number of nitrogens with two attached hydrogens (primary N) is 1. The SMILES string of the molecule is C=C(C)Cn1nnc(CN)c1-c1ccc2c(c1)OCO2. The number of aromatic nitrogens is 3. The molecule has 0 aliphatic carbocycles. The normalized spacial score (nSPS) is 12.7. The van der Waals surface area contributed by atoms with Gasteiger partial charge in [-0.2, -0.15) is 0 Å². The molecule has 0 unspecified atom stereocenters. The Morgan fingerprint density at radius 3 is 2.95 bits per heavy atom. The average Bonchev–Trinajstić information content (AvgIpc) is 3.03. The second kappa shape index (κ2) is 4.97. The molecule has 2 aromatic rings. The van der Waals surface area contributed by atoms with Crippen LogP contribution in [0.2, 0.25) is 0 Å². The van der Waals surface area contributed by atoms with Crippen LogP contribution in [0.5, 0.6) is 11.5 Å². The molecule has 0 fully saturated rings. The molecular weight excluding hydrogens is 256 g/mol. The number of hydrogen-bond acceptors (Lipinski definition) is 5. The zero-order valence-corrected chi connectivity index (χ0v) is 11.3. The Labute approximate surface area is 116 Å². The molecule has 20 heavy (non-hydrogen) atoms. The van der Waals surface area contributed by atoms with Crippen LogP contribution in [0, 0.1) is 0 Å². The van der Waals surface area contributed by atoms with Gasteiger partial charge in [-0.25, -0.2) is 4.68 Å². The second-order valence-corrected chi connectivity index (χ2v) is 4.77. The molecule has 0 spiro atoms. The highest BCUT2D eigenvalue weighted by molar-refractivity contribution is 5.66. The summed E-state index contributed by atoms with van der Waals surface area (Å²) < 4.78 is 12.5. The molecule has 0 saturated carbocycles. The third-order valence-corrected chi connectivity index (χ3v) is 3.06. The Morgan fingerprint density at radius 2 is 2.20 bits per heavy atom. The summed E-state index contributed by atoms with van der Waals surface area (Å²) in [5, 5.41) is 8.28. The van der Waals surface area contributed by atoms with Gasteiger partial charge in [-0.3, -0.25) is 0 Å². The molecule has 0 amide bonds. The van der Waals surface area contributed by atoms with Crippen molar-refractivity contribution in [2.24, 2.45) is 5.73 Å². The summed E-state index contributed by atoms with van der Waals surface area (Å²) in [6, 6.07) is 5.77. The van der Waals surface area contributed by atoms with Crippen LogP contribution >= 0.6 is 0 Å². The Kier molecular flexibility index (Phi) is 3.15. The third kappa shape index (κ3) is 2.14. The van der Waals surface area contributed by atoms with Crippen LogP contribution in [0.4, 0.5) is 0 Å². The van der Waals surface area contributed by atoms with E-state index in [0.717, 1.165) is 34.0 Å². The highest BCUT2D eigenvalue weighted by atomic mass is 16.7. The van der Waals surface area contributed by atoms with Gasteiger partial charge >= 0.3 is 0 Å². The van der Waals surface area contributed by atoms with Gasteiger partial charge in [0.25, 0.3) is 0 Å². The van der Waals surface area contributed by atoms with Crippen LogP contribution in [0.15, 0.2) is 30.4 Å². The molecule has 3 rings (SSSR count). The van der Waals surface area contributed by atoms with Crippen molar-refractivity contribution in [2.75, 3.05) is 6.79 Å². The van der Waals surface area contributed by atoms with Crippen molar-refractivity contribution in [2.45, 2.75) is 20.0 Å². The van der Waals surface area contributed by atoms with E-state index >= 15 is 0 Å². The van der Waals surface area contributed by atoms with Gasteiger partial charge in [-0.15, -0.1) is 5.10 Å². The molecule has 1 aliphatic heterocycles. The van der Waals surface area contributed by atoms with Gasteiger partial charge in [0.15, 0.2) is 11.5 Å². The van der Waals surface area contributed by atoms with Gasteiger partial charge in [0, 0.05) is 12.1 Å². The fourth-order valence-corrected chi connectivity index (χ4v) is 2.21. The quantitative estimate of drug-likeness (QED) is 0.857. The fourth-order valence-electron chi connectivity index (χ4n) is 2.21. The second-order valence-electron chi connectivity index (χ2n) is 4.77. The first-order valence-corrected chi connectivity index (χ1v) is 6.36. The summed E-state index contributed by atoms with van der Waals surface area (Å²) in [6.45, 7) is 7.06. The van der Waals surface area contributed by atoms with E-state index in [9.17, 15) is 0 Å². The van der Waals surface area contributed by atoms with Gasteiger partial charge in [-0.05, 0) is 25.1 Å². The Bertz CT molecular complexity index is 663. The van der Waals surface area contributed by atoms with Gasteiger partial charge in [-0.1, -0.05) is 17.4 Å². The lowest BCUT2D eigenvalue weighted by Crippen LogP contribution is -2.05. The average molecular weight is 272 g/mol. The lowest BCUT2D eigenvalue weighted by molar-refractivity contribution is 0.174. The van der Waals surface area contributed by atoms with E-state index in [1.165, 1.54) is 0 Å². The standard InChI is InChI=1S/C14H16N4O2/c1-9(2)7-18-14(11(6-15)16-17-18)10-3-4-12-13(5-10)20-8-19-12/h3-5H,1,6-8,15H2,2H3. The van der Waals surface area contributed by atoms with Crippen molar-refractivity contribution >= 4 is 0 Å². The number of allylic oxidation sites excluding steroid dienone is 1. The van der Waals surface area contributed by atoms with Crippen molar-refractivity contribution in [3.8, 4) is 22.8 Å². The Balaban J connectivity index is 2.08. The van der Waals surface area contributed by atoms with E-state index in [1.54, 1.807) is 0 Å². The van der Waals surface area contributed by atoms with Gasteiger partial charge in [0.2, 0.25) is 6.79 Å². The molecule has 1 aliphatic rings. The van der Waals surface area contributed by atoms with Crippen molar-refractivity contribution < 1.29 is 9.47 Å². The summed E-state index contributed by atoms with van der Waals surface area (Å²) in [6.07, 6.45) is 0. The minimum Gasteiger partial charge on any atom is -0.454 e. The number of nitrogens with zero attached hydrogens (tertiary/aromatic N) is 3. The van der Waals surface area contributed by atoms with Crippen LogP contribution in [0.1, 0.15) is 12.6 Å². The summed E-state index contributed by atoms with van der Waals surface area (Å²) in [7, 11) is 0. The number of benzene rings is 1. The van der Waals surface area contributed by atoms with E-state index in [2.05, 4.69) is 16.9 Å². The number of ether oxygens (including phenoxy) is 2. The predicted molar refractivity (Wildman–Crippen MR) is 74.3 cm³/mol. The van der Waals surface area contributed by atoms with Crippen LogP contribution in [-0.2, 0) is 13.1 Å². The molecule has 0 atom stereocenters. The first kappa shape index (κ1) is 12.7. The first-order chi connectivity index (χ1) is 9.69. The maximum Gasteiger partial charge on any atom is 0.231 e. The first-order valence-electron chi connectivity index (χ1n) is 6.36. The monoisotopic (exact) mass is 272 g/mol. The number of rotatable bonds is 4. The molecule has 104 valence electrons. The number of fused-ring (bicyclic) bond motifs is 1. The van der Waals surface area contributed by atoms with Gasteiger partial charge in [0.1, 0.15) is 5.69 Å². The fraction of sp³-hybridized carbons (Fsp3) is 0.286. The Morgan fingerprint density at radius 1 is 1.40 bits per heavy atom. The molecule has 0 bridgehead atoms. The molecule has 6 nitrogen and oxygen atoms in total. The van der Waals surface area contributed by atoms with Crippen LogP contribution in [0.25, 0.3) is 11.3 Å². The summed E-state index contributed by atoms with van der Waals surface area (Å²) in [5.41, 5.74) is 9.36.